The monoisotopic (exact) mass is 540 g/mol. The second kappa shape index (κ2) is 14.0. The molecule has 2 amide bonds. The zero-order valence-electron chi connectivity index (χ0n) is 24.8. The maximum atomic E-state index is 13.1. The van der Waals surface area contributed by atoms with Crippen molar-refractivity contribution >= 4 is 29.1 Å². The summed E-state index contributed by atoms with van der Waals surface area (Å²) in [7, 11) is 3.83. The van der Waals surface area contributed by atoms with Crippen LogP contribution in [0.1, 0.15) is 77.7 Å². The number of benzene rings is 1. The minimum Gasteiger partial charge on any atom is -0.343 e. The summed E-state index contributed by atoms with van der Waals surface area (Å²) in [4.78, 5) is 50.0. The van der Waals surface area contributed by atoms with Gasteiger partial charge in [0.15, 0.2) is 0 Å². The second-order valence-electron chi connectivity index (χ2n) is 11.9. The Kier molecular flexibility index (Phi) is 11.1. The lowest BCUT2D eigenvalue weighted by Gasteiger charge is -2.30. The number of para-hydroxylation sites is 1. The summed E-state index contributed by atoms with van der Waals surface area (Å²) in [6.07, 6.45) is 4.94. The van der Waals surface area contributed by atoms with Crippen LogP contribution in [0.3, 0.4) is 0 Å². The van der Waals surface area contributed by atoms with Gasteiger partial charge in [0.1, 0.15) is 18.2 Å². The van der Waals surface area contributed by atoms with Crippen LogP contribution < -0.4 is 10.6 Å². The summed E-state index contributed by atoms with van der Waals surface area (Å²) < 4.78 is 0. The standard InChI is InChI=1S/C30H48N6O3/c1-19(2)15-22-9-8-10-25-28(22)34-29(33-25)26-12-11-24(35(26)7)13-14-36(27(38)16-20(3)4)17-23(18-37)32-30(39)21(5)31-6/h8-10,18-21,23-24,26,31H,11-17H2,1-7H3,(H,32,39)(H,33,34). The first-order valence-corrected chi connectivity index (χ1v) is 14.4. The van der Waals surface area contributed by atoms with Crippen molar-refractivity contribution in [3.8, 4) is 0 Å². The first-order chi connectivity index (χ1) is 18.5. The molecule has 39 heavy (non-hydrogen) atoms. The van der Waals surface area contributed by atoms with Gasteiger partial charge < -0.3 is 25.3 Å². The molecule has 1 fully saturated rings. The third-order valence-electron chi connectivity index (χ3n) is 7.80. The molecule has 0 saturated carbocycles. The van der Waals surface area contributed by atoms with Crippen molar-refractivity contribution in [3.05, 3.63) is 29.6 Å². The van der Waals surface area contributed by atoms with E-state index in [1.807, 2.05) is 13.8 Å². The molecule has 3 rings (SSSR count). The molecule has 0 aliphatic carbocycles. The van der Waals surface area contributed by atoms with E-state index in [-0.39, 0.29) is 30.3 Å². The van der Waals surface area contributed by atoms with Crippen LogP contribution in [-0.4, -0.2) is 83.2 Å². The van der Waals surface area contributed by atoms with E-state index in [1.165, 1.54) is 5.56 Å². The molecule has 9 nitrogen and oxygen atoms in total. The van der Waals surface area contributed by atoms with Crippen LogP contribution in [0.15, 0.2) is 18.2 Å². The molecular weight excluding hydrogens is 492 g/mol. The van der Waals surface area contributed by atoms with Crippen molar-refractivity contribution in [1.82, 2.24) is 30.4 Å². The number of nitrogens with zero attached hydrogens (tertiary/aromatic N) is 3. The highest BCUT2D eigenvalue weighted by Crippen LogP contribution is 2.36. The normalized spacial score (nSPS) is 19.5. The van der Waals surface area contributed by atoms with Gasteiger partial charge in [-0.15, -0.1) is 0 Å². The zero-order valence-corrected chi connectivity index (χ0v) is 24.8. The second-order valence-corrected chi connectivity index (χ2v) is 11.9. The molecule has 2 heterocycles. The van der Waals surface area contributed by atoms with E-state index in [1.54, 1.807) is 18.9 Å². The summed E-state index contributed by atoms with van der Waals surface area (Å²) in [5.41, 5.74) is 3.43. The number of likely N-dealkylation sites (tertiary alicyclic amines) is 1. The average molecular weight is 541 g/mol. The lowest BCUT2D eigenvalue weighted by atomic mass is 10.0. The van der Waals surface area contributed by atoms with Crippen molar-refractivity contribution < 1.29 is 14.4 Å². The number of aldehydes is 1. The first-order valence-electron chi connectivity index (χ1n) is 14.4. The number of carbonyl (C=O) groups is 3. The Morgan fingerprint density at radius 1 is 1.18 bits per heavy atom. The Balaban J connectivity index is 1.68. The van der Waals surface area contributed by atoms with Gasteiger partial charge in [0, 0.05) is 25.6 Å². The van der Waals surface area contributed by atoms with Crippen LogP contribution in [0.5, 0.6) is 0 Å². The molecule has 2 aromatic rings. The van der Waals surface area contributed by atoms with Gasteiger partial charge in [0.05, 0.1) is 23.1 Å². The summed E-state index contributed by atoms with van der Waals surface area (Å²) in [5.74, 6) is 1.53. The highest BCUT2D eigenvalue weighted by atomic mass is 16.2. The quantitative estimate of drug-likeness (QED) is 0.317. The molecule has 0 bridgehead atoms. The van der Waals surface area contributed by atoms with Crippen LogP contribution in [-0.2, 0) is 20.8 Å². The van der Waals surface area contributed by atoms with E-state index in [0.717, 1.165) is 48.8 Å². The average Bonchev–Trinajstić information content (AvgIpc) is 3.48. The molecule has 1 saturated heterocycles. The van der Waals surface area contributed by atoms with E-state index >= 15 is 0 Å². The third-order valence-corrected chi connectivity index (χ3v) is 7.80. The van der Waals surface area contributed by atoms with Crippen molar-refractivity contribution in [3.63, 3.8) is 0 Å². The van der Waals surface area contributed by atoms with E-state index in [4.69, 9.17) is 4.98 Å². The van der Waals surface area contributed by atoms with Gasteiger partial charge >= 0.3 is 0 Å². The number of fused-ring (bicyclic) bond motifs is 1. The molecule has 216 valence electrons. The minimum absolute atomic E-state index is 0.0138. The predicted molar refractivity (Wildman–Crippen MR) is 155 cm³/mol. The predicted octanol–water partition coefficient (Wildman–Crippen LogP) is 3.45. The largest absolute Gasteiger partial charge is 0.343 e. The number of carbonyl (C=O) groups excluding carboxylic acids is 3. The Morgan fingerprint density at radius 2 is 1.92 bits per heavy atom. The Morgan fingerprint density at radius 3 is 2.56 bits per heavy atom. The van der Waals surface area contributed by atoms with Crippen LogP contribution in [0.25, 0.3) is 11.0 Å². The van der Waals surface area contributed by atoms with Gasteiger partial charge in [-0.1, -0.05) is 39.8 Å². The maximum Gasteiger partial charge on any atom is 0.237 e. The number of rotatable bonds is 14. The van der Waals surface area contributed by atoms with E-state index in [9.17, 15) is 14.4 Å². The van der Waals surface area contributed by atoms with Crippen LogP contribution in [0, 0.1) is 11.8 Å². The number of hydrogen-bond acceptors (Lipinski definition) is 6. The fourth-order valence-corrected chi connectivity index (χ4v) is 5.46. The van der Waals surface area contributed by atoms with Gasteiger partial charge in [0.25, 0.3) is 0 Å². The summed E-state index contributed by atoms with van der Waals surface area (Å²) in [6.45, 7) is 10.9. The molecule has 1 aromatic carbocycles. The molecule has 0 spiro atoms. The Bertz CT molecular complexity index is 1110. The summed E-state index contributed by atoms with van der Waals surface area (Å²) in [6, 6.07) is 5.69. The number of H-pyrrole nitrogens is 1. The minimum atomic E-state index is -0.742. The van der Waals surface area contributed by atoms with Gasteiger partial charge in [-0.2, -0.15) is 0 Å². The smallest absolute Gasteiger partial charge is 0.237 e. The molecule has 3 N–H and O–H groups in total. The van der Waals surface area contributed by atoms with Crippen molar-refractivity contribution in [1.29, 1.82) is 0 Å². The zero-order chi connectivity index (χ0) is 28.7. The number of hydrogen-bond donors (Lipinski definition) is 3. The molecule has 9 heteroatoms. The summed E-state index contributed by atoms with van der Waals surface area (Å²) in [5, 5.41) is 5.64. The SMILES string of the molecule is CNC(C)C(=O)NC(C=O)CN(CCC1CCC(c2nc3c(CC(C)C)cccc3[nH]2)N1C)C(=O)CC(C)C. The number of aromatic nitrogens is 2. The van der Waals surface area contributed by atoms with Gasteiger partial charge in [-0.3, -0.25) is 14.5 Å². The number of imidazole rings is 1. The summed E-state index contributed by atoms with van der Waals surface area (Å²) >= 11 is 0. The van der Waals surface area contributed by atoms with Gasteiger partial charge in [0.2, 0.25) is 11.8 Å². The molecule has 1 aromatic heterocycles. The number of nitrogens with one attached hydrogen (secondary N) is 3. The Labute approximate surface area is 233 Å². The lowest BCUT2D eigenvalue weighted by molar-refractivity contribution is -0.134. The molecular formula is C30H48N6O3. The van der Waals surface area contributed by atoms with Crippen molar-refractivity contribution in [2.45, 2.75) is 90.9 Å². The van der Waals surface area contributed by atoms with Gasteiger partial charge in [-0.05, 0) is 70.2 Å². The molecule has 4 atom stereocenters. The fourth-order valence-electron chi connectivity index (χ4n) is 5.46. The lowest BCUT2D eigenvalue weighted by Crippen LogP contribution is -2.51. The molecule has 1 aliphatic heterocycles. The topological polar surface area (TPSA) is 110 Å². The van der Waals surface area contributed by atoms with Crippen LogP contribution in [0.4, 0.5) is 0 Å². The van der Waals surface area contributed by atoms with Crippen molar-refractivity contribution in [2.24, 2.45) is 11.8 Å². The molecule has 1 aliphatic rings. The number of amides is 2. The maximum absolute atomic E-state index is 13.1. The van der Waals surface area contributed by atoms with Crippen molar-refractivity contribution in [2.75, 3.05) is 27.2 Å². The Hall–Kier alpha value is -2.78. The van der Waals surface area contributed by atoms with E-state index in [2.05, 4.69) is 59.6 Å². The van der Waals surface area contributed by atoms with Crippen LogP contribution in [0.2, 0.25) is 0 Å². The molecule has 4 unspecified atom stereocenters. The first kappa shape index (κ1) is 30.8. The number of likely N-dealkylation sites (N-methyl/N-ethyl adjacent to an activating group) is 1. The van der Waals surface area contributed by atoms with Gasteiger partial charge in [-0.25, -0.2) is 4.98 Å². The highest BCUT2D eigenvalue weighted by molar-refractivity contribution is 5.84. The van der Waals surface area contributed by atoms with E-state index < -0.39 is 12.1 Å². The number of aromatic amines is 1. The highest BCUT2D eigenvalue weighted by Gasteiger charge is 2.34. The molecule has 0 radical (unpaired) electrons. The van der Waals surface area contributed by atoms with Crippen LogP contribution >= 0.6 is 0 Å². The fraction of sp³-hybridized carbons (Fsp3) is 0.667. The van der Waals surface area contributed by atoms with E-state index in [0.29, 0.717) is 24.9 Å². The third kappa shape index (κ3) is 8.11.